The molecule has 1 aliphatic rings. The van der Waals surface area contributed by atoms with Gasteiger partial charge in [0.1, 0.15) is 6.04 Å². The molecule has 6 nitrogen and oxygen atoms in total. The number of hydrogen-bond acceptors (Lipinski definition) is 4. The van der Waals surface area contributed by atoms with Crippen LogP contribution in [0.15, 0.2) is 24.3 Å². The topological polar surface area (TPSA) is 86.7 Å². The predicted octanol–water partition coefficient (Wildman–Crippen LogP) is 2.17. The van der Waals surface area contributed by atoms with Crippen LogP contribution in [0.2, 0.25) is 0 Å². The van der Waals surface area contributed by atoms with Crippen LogP contribution in [-0.4, -0.2) is 58.9 Å². The number of aliphatic carboxylic acids is 1. The van der Waals surface area contributed by atoms with Crippen LogP contribution in [0.5, 0.6) is 0 Å². The highest BCUT2D eigenvalue weighted by Crippen LogP contribution is 2.30. The molecule has 1 fully saturated rings. The third-order valence-corrected chi connectivity index (χ3v) is 5.44. The lowest BCUT2D eigenvalue weighted by atomic mass is 9.90. The number of amides is 2. The van der Waals surface area contributed by atoms with Crippen LogP contribution in [0, 0.1) is 12.3 Å². The predicted molar refractivity (Wildman–Crippen MR) is 102 cm³/mol. The molecule has 1 heterocycles. The summed E-state index contributed by atoms with van der Waals surface area (Å²) in [5.41, 5.74) is 0.574. The van der Waals surface area contributed by atoms with Crippen molar-refractivity contribution in [2.45, 2.75) is 32.7 Å². The smallest absolute Gasteiger partial charge is 0.311 e. The lowest BCUT2D eigenvalue weighted by molar-refractivity contribution is -0.147. The van der Waals surface area contributed by atoms with Crippen LogP contribution in [0.25, 0.3) is 0 Å². The maximum Gasteiger partial charge on any atom is 0.311 e. The van der Waals surface area contributed by atoms with E-state index in [-0.39, 0.29) is 18.4 Å². The van der Waals surface area contributed by atoms with Crippen LogP contribution in [0.4, 0.5) is 0 Å². The van der Waals surface area contributed by atoms with Crippen LogP contribution < -0.4 is 5.32 Å². The first kappa shape index (κ1) is 20.3. The van der Waals surface area contributed by atoms with Gasteiger partial charge < -0.3 is 15.3 Å². The van der Waals surface area contributed by atoms with Crippen molar-refractivity contribution >= 4 is 29.5 Å². The van der Waals surface area contributed by atoms with Crippen molar-refractivity contribution in [2.24, 2.45) is 5.41 Å². The van der Waals surface area contributed by atoms with Crippen LogP contribution in [-0.2, 0) is 9.59 Å². The van der Waals surface area contributed by atoms with Crippen molar-refractivity contribution in [1.29, 1.82) is 0 Å². The summed E-state index contributed by atoms with van der Waals surface area (Å²) in [5.74, 6) is -0.648. The number of carbonyl (C=O) groups is 3. The molecular weight excluding hydrogens is 352 g/mol. The van der Waals surface area contributed by atoms with Gasteiger partial charge in [-0.3, -0.25) is 14.4 Å². The fraction of sp³-hybridized carbons (Fsp3) is 0.526. The molecule has 0 bridgehead atoms. The molecule has 2 atom stereocenters. The highest BCUT2D eigenvalue weighted by molar-refractivity contribution is 7.98. The van der Waals surface area contributed by atoms with E-state index < -0.39 is 17.4 Å². The van der Waals surface area contributed by atoms with Crippen molar-refractivity contribution < 1.29 is 19.5 Å². The Bertz CT molecular complexity index is 694. The summed E-state index contributed by atoms with van der Waals surface area (Å²) in [5, 5.41) is 12.2. The number of nitrogens with zero attached hydrogens (tertiary/aromatic N) is 1. The molecule has 2 N–H and O–H groups in total. The van der Waals surface area contributed by atoms with Gasteiger partial charge in [0.25, 0.3) is 5.91 Å². The molecule has 1 aliphatic heterocycles. The molecule has 2 rings (SSSR count). The molecular formula is C19H26N2O4S. The first-order valence-electron chi connectivity index (χ1n) is 8.65. The minimum Gasteiger partial charge on any atom is -0.481 e. The van der Waals surface area contributed by atoms with E-state index in [0.29, 0.717) is 24.9 Å². The fourth-order valence-electron chi connectivity index (χ4n) is 3.07. The van der Waals surface area contributed by atoms with E-state index in [9.17, 15) is 19.5 Å². The highest BCUT2D eigenvalue weighted by Gasteiger charge is 2.43. The van der Waals surface area contributed by atoms with Crippen molar-refractivity contribution in [3.8, 4) is 0 Å². The number of carboxylic acid groups (broad SMARTS) is 1. The molecule has 2 amide bonds. The van der Waals surface area contributed by atoms with E-state index in [2.05, 4.69) is 5.32 Å². The average Bonchev–Trinajstić information content (AvgIpc) is 3.01. The third kappa shape index (κ3) is 4.78. The van der Waals surface area contributed by atoms with Gasteiger partial charge in [0.05, 0.1) is 5.41 Å². The molecule has 1 aromatic carbocycles. The maximum absolute atomic E-state index is 12.9. The minimum atomic E-state index is -0.916. The molecule has 1 aromatic rings. The number of benzene rings is 1. The van der Waals surface area contributed by atoms with Gasteiger partial charge in [-0.15, -0.1) is 0 Å². The van der Waals surface area contributed by atoms with Crippen LogP contribution in [0.3, 0.4) is 0 Å². The zero-order valence-corrected chi connectivity index (χ0v) is 16.3. The van der Waals surface area contributed by atoms with E-state index in [4.69, 9.17) is 0 Å². The first-order valence-corrected chi connectivity index (χ1v) is 10.0. The Hall–Kier alpha value is -2.02. The Balaban J connectivity index is 2.10. The molecule has 1 saturated heterocycles. The molecule has 0 spiro atoms. The Morgan fingerprint density at radius 3 is 2.69 bits per heavy atom. The summed E-state index contributed by atoms with van der Waals surface area (Å²) >= 11 is 1.60. The summed E-state index contributed by atoms with van der Waals surface area (Å²) in [6.07, 6.45) is 2.88. The second kappa shape index (κ2) is 8.58. The SMILES string of the molecule is CSCCC(NC(=O)c1cccc(C)c1)C(=O)N1CCC(C)(C(=O)O)C1. The molecule has 0 radical (unpaired) electrons. The number of carbonyl (C=O) groups excluding carboxylic acids is 2. The number of thioether (sulfide) groups is 1. The molecule has 7 heteroatoms. The summed E-state index contributed by atoms with van der Waals surface area (Å²) in [6, 6.07) is 6.57. The number of carboxylic acids is 1. The lowest BCUT2D eigenvalue weighted by Crippen LogP contribution is -2.49. The molecule has 0 aromatic heterocycles. The number of nitrogens with one attached hydrogen (secondary N) is 1. The van der Waals surface area contributed by atoms with Crippen molar-refractivity contribution in [3.63, 3.8) is 0 Å². The van der Waals surface area contributed by atoms with Gasteiger partial charge in [0.2, 0.25) is 5.91 Å². The fourth-order valence-corrected chi connectivity index (χ4v) is 3.54. The largest absolute Gasteiger partial charge is 0.481 e. The second-order valence-corrected chi connectivity index (χ2v) is 8.04. The van der Waals surface area contributed by atoms with Gasteiger partial charge in [-0.2, -0.15) is 11.8 Å². The molecule has 26 heavy (non-hydrogen) atoms. The lowest BCUT2D eigenvalue weighted by Gasteiger charge is -2.25. The van der Waals surface area contributed by atoms with E-state index in [1.54, 1.807) is 35.7 Å². The Morgan fingerprint density at radius 2 is 2.12 bits per heavy atom. The van der Waals surface area contributed by atoms with E-state index >= 15 is 0 Å². The minimum absolute atomic E-state index is 0.178. The van der Waals surface area contributed by atoms with Gasteiger partial charge in [-0.25, -0.2) is 0 Å². The third-order valence-electron chi connectivity index (χ3n) is 4.80. The summed E-state index contributed by atoms with van der Waals surface area (Å²) in [7, 11) is 0. The van der Waals surface area contributed by atoms with Crippen LogP contribution >= 0.6 is 11.8 Å². The molecule has 2 unspecified atom stereocenters. The van der Waals surface area contributed by atoms with Gasteiger partial charge in [-0.1, -0.05) is 17.7 Å². The summed E-state index contributed by atoms with van der Waals surface area (Å²) in [6.45, 7) is 4.14. The quantitative estimate of drug-likeness (QED) is 0.759. The average molecular weight is 378 g/mol. The van der Waals surface area contributed by atoms with E-state index in [0.717, 1.165) is 11.3 Å². The van der Waals surface area contributed by atoms with Crippen molar-refractivity contribution in [3.05, 3.63) is 35.4 Å². The summed E-state index contributed by atoms with van der Waals surface area (Å²) < 4.78 is 0. The second-order valence-electron chi connectivity index (χ2n) is 7.05. The van der Waals surface area contributed by atoms with Crippen molar-refractivity contribution in [2.75, 3.05) is 25.1 Å². The first-order chi connectivity index (χ1) is 12.3. The van der Waals surface area contributed by atoms with Gasteiger partial charge >= 0.3 is 5.97 Å². The zero-order valence-electron chi connectivity index (χ0n) is 15.4. The van der Waals surface area contributed by atoms with Gasteiger partial charge in [0, 0.05) is 18.7 Å². The number of likely N-dealkylation sites (tertiary alicyclic amines) is 1. The Kier molecular flexibility index (Phi) is 6.69. The number of rotatable bonds is 7. The van der Waals surface area contributed by atoms with E-state index in [1.807, 2.05) is 25.3 Å². The number of aryl methyl sites for hydroxylation is 1. The molecule has 0 aliphatic carbocycles. The highest BCUT2D eigenvalue weighted by atomic mass is 32.2. The maximum atomic E-state index is 12.9. The molecule has 142 valence electrons. The van der Waals surface area contributed by atoms with E-state index in [1.165, 1.54) is 0 Å². The van der Waals surface area contributed by atoms with Crippen molar-refractivity contribution in [1.82, 2.24) is 10.2 Å². The van der Waals surface area contributed by atoms with Gasteiger partial charge in [-0.05, 0) is 50.8 Å². The van der Waals surface area contributed by atoms with Crippen LogP contribution in [0.1, 0.15) is 35.7 Å². The Labute approximate surface area is 158 Å². The molecule has 0 saturated carbocycles. The monoisotopic (exact) mass is 378 g/mol. The summed E-state index contributed by atoms with van der Waals surface area (Å²) in [4.78, 5) is 38.4. The standard InChI is InChI=1S/C19H26N2O4S/c1-13-5-4-6-14(11-13)16(22)20-15(7-10-26-3)17(23)21-9-8-19(2,12-21)18(24)25/h4-6,11,15H,7-10,12H2,1-3H3,(H,20,22)(H,24,25). The van der Waals surface area contributed by atoms with Gasteiger partial charge in [0.15, 0.2) is 0 Å². The Morgan fingerprint density at radius 1 is 1.38 bits per heavy atom. The number of hydrogen-bond donors (Lipinski definition) is 2. The zero-order chi connectivity index (χ0) is 19.3. The normalized spacial score (nSPS) is 20.7.